The summed E-state index contributed by atoms with van der Waals surface area (Å²) >= 11 is 0. The molecule has 3 N–H and O–H groups in total. The van der Waals surface area contributed by atoms with Crippen LogP contribution in [0.1, 0.15) is 34.6 Å². The van der Waals surface area contributed by atoms with E-state index < -0.39 is 28.7 Å². The molecule has 0 spiro atoms. The van der Waals surface area contributed by atoms with Crippen molar-refractivity contribution in [3.05, 3.63) is 30.3 Å². The average Bonchev–Trinajstić information content (AvgIpc) is 2.37. The summed E-state index contributed by atoms with van der Waals surface area (Å²) < 4.78 is 11.5. The highest BCUT2D eigenvalue weighted by Gasteiger charge is 2.69. The summed E-state index contributed by atoms with van der Waals surface area (Å²) in [6.07, 6.45) is -1.12. The van der Waals surface area contributed by atoms with Gasteiger partial charge < -0.3 is 24.8 Å². The van der Waals surface area contributed by atoms with Crippen molar-refractivity contribution in [2.45, 2.75) is 63.3 Å². The second-order valence-corrected chi connectivity index (χ2v) is 6.68. The molecule has 1 fully saturated rings. The molecule has 0 radical (unpaired) electrons. The SMILES string of the molecule is CC1(C)O[C@@H](Oc2ccccc2)[C@](C)(O)[C@@](C)(O)[C@]1(C)O. The third-order valence-corrected chi connectivity index (χ3v) is 4.95. The molecule has 0 saturated carbocycles. The van der Waals surface area contributed by atoms with Crippen molar-refractivity contribution in [1.29, 1.82) is 0 Å². The molecule has 1 aliphatic heterocycles. The van der Waals surface area contributed by atoms with E-state index in [1.165, 1.54) is 20.8 Å². The van der Waals surface area contributed by atoms with Gasteiger partial charge in [-0.05, 0) is 46.8 Å². The van der Waals surface area contributed by atoms with Crippen LogP contribution in [0.25, 0.3) is 0 Å². The van der Waals surface area contributed by atoms with Gasteiger partial charge in [0, 0.05) is 0 Å². The molecular formula is C16H24O5. The molecule has 118 valence electrons. The lowest BCUT2D eigenvalue weighted by Crippen LogP contribution is -2.80. The molecule has 0 bridgehead atoms. The van der Waals surface area contributed by atoms with Gasteiger partial charge in [0.15, 0.2) is 5.60 Å². The standard InChI is InChI=1S/C16H24O5/c1-13(2)15(4,18)16(5,19)14(3,17)12(21-13)20-11-9-7-6-8-10-11/h6-10,12,17-19H,1-5H3/t12-,14+,15-,16-/m1/s1. The van der Waals surface area contributed by atoms with Crippen molar-refractivity contribution in [1.82, 2.24) is 0 Å². The minimum Gasteiger partial charge on any atom is -0.462 e. The first-order chi connectivity index (χ1) is 9.43. The van der Waals surface area contributed by atoms with Gasteiger partial charge in [0.1, 0.15) is 17.0 Å². The van der Waals surface area contributed by atoms with E-state index in [2.05, 4.69) is 0 Å². The maximum Gasteiger partial charge on any atom is 0.232 e. The summed E-state index contributed by atoms with van der Waals surface area (Å²) in [7, 11) is 0. The van der Waals surface area contributed by atoms with E-state index in [0.717, 1.165) is 0 Å². The molecule has 21 heavy (non-hydrogen) atoms. The zero-order chi connectivity index (χ0) is 16.1. The predicted molar refractivity (Wildman–Crippen MR) is 77.9 cm³/mol. The third kappa shape index (κ3) is 2.25. The number of benzene rings is 1. The van der Waals surface area contributed by atoms with Gasteiger partial charge in [0.2, 0.25) is 6.29 Å². The molecule has 1 aliphatic rings. The first-order valence-electron chi connectivity index (χ1n) is 7.00. The van der Waals surface area contributed by atoms with Gasteiger partial charge in [-0.1, -0.05) is 18.2 Å². The van der Waals surface area contributed by atoms with Crippen molar-refractivity contribution in [3.8, 4) is 5.75 Å². The quantitative estimate of drug-likeness (QED) is 0.770. The molecule has 0 amide bonds. The van der Waals surface area contributed by atoms with E-state index in [-0.39, 0.29) is 0 Å². The number of para-hydroxylation sites is 1. The molecule has 1 heterocycles. The minimum atomic E-state index is -1.83. The van der Waals surface area contributed by atoms with Crippen LogP contribution in [0.5, 0.6) is 5.75 Å². The Bertz CT molecular complexity index is 505. The monoisotopic (exact) mass is 296 g/mol. The fraction of sp³-hybridized carbons (Fsp3) is 0.625. The van der Waals surface area contributed by atoms with Crippen molar-refractivity contribution >= 4 is 0 Å². The molecule has 1 aromatic carbocycles. The largest absolute Gasteiger partial charge is 0.462 e. The van der Waals surface area contributed by atoms with Crippen LogP contribution in [-0.2, 0) is 4.74 Å². The van der Waals surface area contributed by atoms with Crippen LogP contribution in [0.2, 0.25) is 0 Å². The smallest absolute Gasteiger partial charge is 0.232 e. The molecule has 5 heteroatoms. The number of rotatable bonds is 2. The van der Waals surface area contributed by atoms with Crippen LogP contribution in [0, 0.1) is 0 Å². The molecule has 0 aliphatic carbocycles. The molecule has 1 aromatic rings. The van der Waals surface area contributed by atoms with Crippen molar-refractivity contribution in [2.24, 2.45) is 0 Å². The number of ether oxygens (including phenoxy) is 2. The van der Waals surface area contributed by atoms with E-state index in [1.54, 1.807) is 38.1 Å². The first kappa shape index (κ1) is 16.2. The van der Waals surface area contributed by atoms with Crippen LogP contribution >= 0.6 is 0 Å². The molecule has 5 nitrogen and oxygen atoms in total. The maximum atomic E-state index is 10.8. The molecule has 0 aromatic heterocycles. The van der Waals surface area contributed by atoms with Crippen molar-refractivity contribution in [2.75, 3.05) is 0 Å². The highest BCUT2D eigenvalue weighted by molar-refractivity contribution is 5.23. The second-order valence-electron chi connectivity index (χ2n) is 6.68. The Morgan fingerprint density at radius 2 is 1.43 bits per heavy atom. The summed E-state index contributed by atoms with van der Waals surface area (Å²) in [6.45, 7) is 7.53. The lowest BCUT2D eigenvalue weighted by molar-refractivity contribution is -0.396. The van der Waals surface area contributed by atoms with E-state index in [9.17, 15) is 15.3 Å². The summed E-state index contributed by atoms with van der Waals surface area (Å²) in [5.74, 6) is 0.510. The minimum absolute atomic E-state index is 0.510. The normalized spacial score (nSPS) is 42.6. The fourth-order valence-electron chi connectivity index (χ4n) is 2.57. The van der Waals surface area contributed by atoms with Gasteiger partial charge in [-0.3, -0.25) is 0 Å². The van der Waals surface area contributed by atoms with Crippen molar-refractivity contribution < 1.29 is 24.8 Å². The van der Waals surface area contributed by atoms with E-state index in [0.29, 0.717) is 5.75 Å². The van der Waals surface area contributed by atoms with Gasteiger partial charge in [0.25, 0.3) is 0 Å². The number of hydrogen-bond donors (Lipinski definition) is 3. The first-order valence-corrected chi connectivity index (χ1v) is 7.00. The molecule has 1 saturated heterocycles. The number of aliphatic hydroxyl groups is 3. The topological polar surface area (TPSA) is 79.2 Å². The highest BCUT2D eigenvalue weighted by atomic mass is 16.7. The Labute approximate surface area is 125 Å². The Kier molecular flexibility index (Phi) is 3.62. The van der Waals surface area contributed by atoms with Gasteiger partial charge in [0.05, 0.1) is 5.60 Å². The van der Waals surface area contributed by atoms with Crippen molar-refractivity contribution in [3.63, 3.8) is 0 Å². The molecule has 4 atom stereocenters. The zero-order valence-electron chi connectivity index (χ0n) is 13.1. The van der Waals surface area contributed by atoms with Crippen LogP contribution in [0.15, 0.2) is 30.3 Å². The second kappa shape index (κ2) is 4.68. The third-order valence-electron chi connectivity index (χ3n) is 4.95. The number of hydrogen-bond acceptors (Lipinski definition) is 5. The maximum absolute atomic E-state index is 10.8. The van der Waals surface area contributed by atoms with Gasteiger partial charge in [-0.15, -0.1) is 0 Å². The Morgan fingerprint density at radius 1 is 0.905 bits per heavy atom. The predicted octanol–water partition coefficient (Wildman–Crippen LogP) is 1.45. The summed E-state index contributed by atoms with van der Waals surface area (Å²) in [5.41, 5.74) is -6.42. The highest BCUT2D eigenvalue weighted by Crippen LogP contribution is 2.49. The summed E-state index contributed by atoms with van der Waals surface area (Å²) in [4.78, 5) is 0. The van der Waals surface area contributed by atoms with Gasteiger partial charge in [-0.2, -0.15) is 0 Å². The lowest BCUT2D eigenvalue weighted by atomic mass is 9.64. The van der Waals surface area contributed by atoms with Crippen LogP contribution < -0.4 is 4.74 Å². The summed E-state index contributed by atoms with van der Waals surface area (Å²) in [6, 6.07) is 8.90. The molecule has 0 unspecified atom stereocenters. The average molecular weight is 296 g/mol. The van der Waals surface area contributed by atoms with Crippen LogP contribution in [-0.4, -0.2) is 44.0 Å². The Hall–Kier alpha value is -1.14. The van der Waals surface area contributed by atoms with E-state index in [4.69, 9.17) is 9.47 Å². The van der Waals surface area contributed by atoms with Gasteiger partial charge >= 0.3 is 0 Å². The summed E-state index contributed by atoms with van der Waals surface area (Å²) in [5, 5.41) is 32.1. The Morgan fingerprint density at radius 3 is 1.95 bits per heavy atom. The van der Waals surface area contributed by atoms with Gasteiger partial charge in [-0.25, -0.2) is 0 Å². The fourth-order valence-corrected chi connectivity index (χ4v) is 2.57. The lowest BCUT2D eigenvalue weighted by Gasteiger charge is -2.60. The van der Waals surface area contributed by atoms with Crippen LogP contribution in [0.4, 0.5) is 0 Å². The van der Waals surface area contributed by atoms with Crippen LogP contribution in [0.3, 0.4) is 0 Å². The zero-order valence-corrected chi connectivity index (χ0v) is 13.1. The van der Waals surface area contributed by atoms with E-state index >= 15 is 0 Å². The molecular weight excluding hydrogens is 272 g/mol. The Balaban J connectivity index is 2.39. The molecule has 2 rings (SSSR count). The van der Waals surface area contributed by atoms with E-state index in [1.807, 2.05) is 6.07 Å².